The summed E-state index contributed by atoms with van der Waals surface area (Å²) in [5.41, 5.74) is 2.47. The van der Waals surface area contributed by atoms with Crippen LogP contribution in [-0.2, 0) is 0 Å². The Morgan fingerprint density at radius 1 is 1.35 bits per heavy atom. The van der Waals surface area contributed by atoms with E-state index in [0.29, 0.717) is 16.7 Å². The third kappa shape index (κ3) is 1.87. The SMILES string of the molecule is Cc1c(C2CCCNC2)cc(Cl)c2c1OCO2. The molecule has 1 unspecified atom stereocenters. The van der Waals surface area contributed by atoms with Crippen molar-refractivity contribution in [2.24, 2.45) is 0 Å². The van der Waals surface area contributed by atoms with Gasteiger partial charge in [-0.1, -0.05) is 11.6 Å². The van der Waals surface area contributed by atoms with E-state index in [4.69, 9.17) is 21.1 Å². The maximum atomic E-state index is 6.24. The van der Waals surface area contributed by atoms with Gasteiger partial charge in [0.1, 0.15) is 0 Å². The van der Waals surface area contributed by atoms with Gasteiger partial charge in [0.25, 0.3) is 0 Å². The van der Waals surface area contributed by atoms with Crippen molar-refractivity contribution in [1.29, 1.82) is 0 Å². The predicted octanol–water partition coefficient (Wildman–Crippen LogP) is 2.84. The minimum Gasteiger partial charge on any atom is -0.453 e. The number of ether oxygens (including phenoxy) is 2. The first-order chi connectivity index (χ1) is 8.27. The highest BCUT2D eigenvalue weighted by Crippen LogP contribution is 2.45. The normalized spacial score (nSPS) is 22.8. The first kappa shape index (κ1) is 11.2. The molecule has 2 aliphatic rings. The van der Waals surface area contributed by atoms with Gasteiger partial charge in [0.15, 0.2) is 11.5 Å². The number of rotatable bonds is 1. The topological polar surface area (TPSA) is 30.5 Å². The number of fused-ring (bicyclic) bond motifs is 1. The van der Waals surface area contributed by atoms with Crippen molar-refractivity contribution in [1.82, 2.24) is 5.32 Å². The minimum atomic E-state index is 0.280. The van der Waals surface area contributed by atoms with Crippen LogP contribution in [0.15, 0.2) is 6.07 Å². The van der Waals surface area contributed by atoms with Crippen LogP contribution in [0.5, 0.6) is 11.5 Å². The van der Waals surface area contributed by atoms with Crippen molar-refractivity contribution >= 4 is 11.6 Å². The number of nitrogens with one attached hydrogen (secondary N) is 1. The molecule has 17 heavy (non-hydrogen) atoms. The lowest BCUT2D eigenvalue weighted by Gasteiger charge is -2.25. The number of benzene rings is 1. The third-order valence-electron chi connectivity index (χ3n) is 3.62. The molecule has 0 aliphatic carbocycles. The van der Waals surface area contributed by atoms with Gasteiger partial charge in [-0.15, -0.1) is 0 Å². The van der Waals surface area contributed by atoms with Gasteiger partial charge in [-0.25, -0.2) is 0 Å². The largest absolute Gasteiger partial charge is 0.453 e. The fourth-order valence-corrected chi connectivity index (χ4v) is 2.98. The second kappa shape index (κ2) is 4.39. The summed E-state index contributed by atoms with van der Waals surface area (Å²) in [6.45, 7) is 4.51. The summed E-state index contributed by atoms with van der Waals surface area (Å²) in [6.07, 6.45) is 2.43. The molecule has 0 spiro atoms. The second-order valence-electron chi connectivity index (χ2n) is 4.68. The number of halogens is 1. The molecule has 1 N–H and O–H groups in total. The first-order valence-electron chi connectivity index (χ1n) is 6.06. The number of hydrogen-bond donors (Lipinski definition) is 1. The van der Waals surface area contributed by atoms with Crippen molar-refractivity contribution in [3.05, 3.63) is 22.2 Å². The van der Waals surface area contributed by atoms with Crippen LogP contribution in [0.25, 0.3) is 0 Å². The molecule has 2 aliphatic heterocycles. The number of piperidine rings is 1. The van der Waals surface area contributed by atoms with E-state index in [1.165, 1.54) is 24.0 Å². The Morgan fingerprint density at radius 3 is 2.94 bits per heavy atom. The van der Waals surface area contributed by atoms with Gasteiger partial charge in [-0.2, -0.15) is 0 Å². The lowest BCUT2D eigenvalue weighted by atomic mass is 9.88. The van der Waals surface area contributed by atoms with Gasteiger partial charge in [0.05, 0.1) is 5.02 Å². The van der Waals surface area contributed by atoms with Crippen molar-refractivity contribution in [2.75, 3.05) is 19.9 Å². The molecule has 0 aromatic heterocycles. The quantitative estimate of drug-likeness (QED) is 0.835. The summed E-state index contributed by atoms with van der Waals surface area (Å²) < 4.78 is 10.9. The van der Waals surface area contributed by atoms with Crippen LogP contribution in [0.3, 0.4) is 0 Å². The van der Waals surface area contributed by atoms with Crippen LogP contribution in [0.4, 0.5) is 0 Å². The smallest absolute Gasteiger partial charge is 0.231 e. The maximum Gasteiger partial charge on any atom is 0.231 e. The van der Waals surface area contributed by atoms with E-state index < -0.39 is 0 Å². The van der Waals surface area contributed by atoms with Gasteiger partial charge in [0.2, 0.25) is 6.79 Å². The van der Waals surface area contributed by atoms with Gasteiger partial charge in [-0.3, -0.25) is 0 Å². The Morgan fingerprint density at radius 2 is 2.18 bits per heavy atom. The zero-order chi connectivity index (χ0) is 11.8. The van der Waals surface area contributed by atoms with Crippen LogP contribution >= 0.6 is 11.6 Å². The molecule has 0 bridgehead atoms. The van der Waals surface area contributed by atoms with E-state index in [-0.39, 0.29) is 6.79 Å². The lowest BCUT2D eigenvalue weighted by Crippen LogP contribution is -2.28. The van der Waals surface area contributed by atoms with E-state index >= 15 is 0 Å². The summed E-state index contributed by atoms with van der Waals surface area (Å²) >= 11 is 6.24. The molecule has 1 aromatic rings. The third-order valence-corrected chi connectivity index (χ3v) is 3.90. The molecule has 3 rings (SSSR count). The molecule has 3 nitrogen and oxygen atoms in total. The molecule has 0 radical (unpaired) electrons. The van der Waals surface area contributed by atoms with Crippen LogP contribution in [0, 0.1) is 6.92 Å². The summed E-state index contributed by atoms with van der Waals surface area (Å²) in [5, 5.41) is 4.10. The van der Waals surface area contributed by atoms with Crippen molar-refractivity contribution < 1.29 is 9.47 Å². The van der Waals surface area contributed by atoms with Gasteiger partial charge < -0.3 is 14.8 Å². The molecule has 0 saturated carbocycles. The van der Waals surface area contributed by atoms with Crippen molar-refractivity contribution in [3.8, 4) is 11.5 Å². The molecule has 1 saturated heterocycles. The molecule has 92 valence electrons. The second-order valence-corrected chi connectivity index (χ2v) is 5.09. The molecule has 0 amide bonds. The molecule has 4 heteroatoms. The fourth-order valence-electron chi connectivity index (χ4n) is 2.72. The van der Waals surface area contributed by atoms with E-state index in [9.17, 15) is 0 Å². The molecule has 2 heterocycles. The van der Waals surface area contributed by atoms with Crippen LogP contribution in [0.2, 0.25) is 5.02 Å². The van der Waals surface area contributed by atoms with Crippen LogP contribution in [-0.4, -0.2) is 19.9 Å². The molecular formula is C13H16ClNO2. The highest BCUT2D eigenvalue weighted by atomic mass is 35.5. The fraction of sp³-hybridized carbons (Fsp3) is 0.538. The summed E-state index contributed by atoms with van der Waals surface area (Å²) in [6, 6.07) is 2.04. The van der Waals surface area contributed by atoms with Crippen LogP contribution in [0.1, 0.15) is 29.9 Å². The summed E-state index contributed by atoms with van der Waals surface area (Å²) in [4.78, 5) is 0. The Balaban J connectivity index is 2.02. The summed E-state index contributed by atoms with van der Waals surface area (Å²) in [5.74, 6) is 2.07. The van der Waals surface area contributed by atoms with E-state index in [1.54, 1.807) is 0 Å². The Hall–Kier alpha value is -0.930. The van der Waals surface area contributed by atoms with E-state index in [2.05, 4.69) is 12.2 Å². The summed E-state index contributed by atoms with van der Waals surface area (Å²) in [7, 11) is 0. The zero-order valence-corrected chi connectivity index (χ0v) is 10.6. The Labute approximate surface area is 106 Å². The van der Waals surface area contributed by atoms with Gasteiger partial charge in [-0.05, 0) is 49.4 Å². The van der Waals surface area contributed by atoms with Crippen molar-refractivity contribution in [2.45, 2.75) is 25.7 Å². The molecule has 1 atom stereocenters. The van der Waals surface area contributed by atoms with Crippen LogP contribution < -0.4 is 14.8 Å². The average molecular weight is 254 g/mol. The Bertz CT molecular complexity index is 442. The monoisotopic (exact) mass is 253 g/mol. The Kier molecular flexibility index (Phi) is 2.89. The standard InChI is InChI=1S/C13H16ClNO2/c1-8-10(9-3-2-4-15-6-9)5-11(14)13-12(8)16-7-17-13/h5,9,15H,2-4,6-7H2,1H3. The van der Waals surface area contributed by atoms with E-state index in [1.807, 2.05) is 6.07 Å². The van der Waals surface area contributed by atoms with E-state index in [0.717, 1.165) is 18.8 Å². The molecule has 1 aromatic carbocycles. The molecular weight excluding hydrogens is 238 g/mol. The van der Waals surface area contributed by atoms with Crippen molar-refractivity contribution in [3.63, 3.8) is 0 Å². The molecule has 1 fully saturated rings. The lowest BCUT2D eigenvalue weighted by molar-refractivity contribution is 0.173. The van der Waals surface area contributed by atoms with Gasteiger partial charge >= 0.3 is 0 Å². The average Bonchev–Trinajstić information content (AvgIpc) is 2.85. The maximum absolute atomic E-state index is 6.24. The predicted molar refractivity (Wildman–Crippen MR) is 67.2 cm³/mol. The number of hydrogen-bond acceptors (Lipinski definition) is 3. The highest BCUT2D eigenvalue weighted by molar-refractivity contribution is 6.32. The minimum absolute atomic E-state index is 0.280. The first-order valence-corrected chi connectivity index (χ1v) is 6.44. The zero-order valence-electron chi connectivity index (χ0n) is 9.88. The highest BCUT2D eigenvalue weighted by Gasteiger charge is 2.26. The van der Waals surface area contributed by atoms with Gasteiger partial charge in [0, 0.05) is 6.54 Å².